The van der Waals surface area contributed by atoms with Crippen LogP contribution in [0.4, 0.5) is 5.69 Å². The van der Waals surface area contributed by atoms with Crippen molar-refractivity contribution in [3.63, 3.8) is 0 Å². The second-order valence-corrected chi connectivity index (χ2v) is 4.05. The molecule has 0 saturated heterocycles. The number of nitrogens with one attached hydrogen (secondary N) is 1. The molecule has 0 aliphatic carbocycles. The van der Waals surface area contributed by atoms with Gasteiger partial charge >= 0.3 is 0 Å². The zero-order chi connectivity index (χ0) is 10.7. The van der Waals surface area contributed by atoms with Gasteiger partial charge in [0.2, 0.25) is 0 Å². The summed E-state index contributed by atoms with van der Waals surface area (Å²) in [5.41, 5.74) is 2.00. The summed E-state index contributed by atoms with van der Waals surface area (Å²) in [5.74, 6) is 0.622. The maximum atomic E-state index is 4.08. The molecule has 0 unspecified atom stereocenters. The molecule has 1 N–H and O–H groups in total. The first kappa shape index (κ1) is 9.90. The van der Waals surface area contributed by atoms with E-state index in [1.807, 2.05) is 18.2 Å². The van der Waals surface area contributed by atoms with Gasteiger partial charge in [-0.1, -0.05) is 32.0 Å². The Morgan fingerprint density at radius 3 is 2.87 bits per heavy atom. The number of fused-ring (bicyclic) bond motifs is 1. The fourth-order valence-corrected chi connectivity index (χ4v) is 1.46. The molecule has 3 nitrogen and oxygen atoms in total. The Morgan fingerprint density at radius 2 is 2.07 bits per heavy atom. The van der Waals surface area contributed by atoms with Crippen molar-refractivity contribution in [2.45, 2.75) is 13.8 Å². The molecule has 0 aliphatic rings. The largest absolute Gasteiger partial charge is 0.383 e. The van der Waals surface area contributed by atoms with Crippen LogP contribution < -0.4 is 5.32 Å². The van der Waals surface area contributed by atoms with Crippen LogP contribution in [0.15, 0.2) is 30.5 Å². The first-order valence-corrected chi connectivity index (χ1v) is 5.21. The van der Waals surface area contributed by atoms with Crippen LogP contribution in [0.3, 0.4) is 0 Å². The molecule has 1 aromatic carbocycles. The lowest BCUT2D eigenvalue weighted by atomic mass is 10.2. The van der Waals surface area contributed by atoms with E-state index < -0.39 is 0 Å². The standard InChI is InChI=1S/C12H15N3/c1-9(2)7-13-12-8-14-15-11-6-4-3-5-10(11)12/h3-6,8-9H,7H2,1-2H3,(H,13,15). The van der Waals surface area contributed by atoms with Gasteiger partial charge in [-0.2, -0.15) is 10.2 Å². The molecule has 2 rings (SSSR count). The summed E-state index contributed by atoms with van der Waals surface area (Å²) >= 11 is 0. The zero-order valence-corrected chi connectivity index (χ0v) is 9.07. The van der Waals surface area contributed by atoms with Crippen molar-refractivity contribution in [3.05, 3.63) is 30.5 Å². The van der Waals surface area contributed by atoms with Gasteiger partial charge in [0.15, 0.2) is 0 Å². The second kappa shape index (κ2) is 4.26. The van der Waals surface area contributed by atoms with Crippen molar-refractivity contribution in [3.8, 4) is 0 Å². The molecule has 1 aromatic heterocycles. The molecule has 0 amide bonds. The molecule has 1 heterocycles. The molecule has 3 heteroatoms. The van der Waals surface area contributed by atoms with E-state index in [1.165, 1.54) is 0 Å². The van der Waals surface area contributed by atoms with Crippen LogP contribution in [0.25, 0.3) is 10.9 Å². The van der Waals surface area contributed by atoms with Gasteiger partial charge in [-0.25, -0.2) is 0 Å². The Labute approximate surface area is 89.5 Å². The molecule has 0 saturated carbocycles. The van der Waals surface area contributed by atoms with Crippen LogP contribution in [0, 0.1) is 5.92 Å². The average molecular weight is 201 g/mol. The van der Waals surface area contributed by atoms with Crippen molar-refractivity contribution in [2.24, 2.45) is 5.92 Å². The molecule has 2 aromatic rings. The summed E-state index contributed by atoms with van der Waals surface area (Å²) in [6.45, 7) is 5.32. The van der Waals surface area contributed by atoms with Crippen molar-refractivity contribution in [2.75, 3.05) is 11.9 Å². The average Bonchev–Trinajstić information content (AvgIpc) is 2.26. The highest BCUT2D eigenvalue weighted by atomic mass is 15.1. The van der Waals surface area contributed by atoms with E-state index >= 15 is 0 Å². The van der Waals surface area contributed by atoms with Gasteiger partial charge in [-0.3, -0.25) is 0 Å². The summed E-state index contributed by atoms with van der Waals surface area (Å²) in [4.78, 5) is 0. The highest BCUT2D eigenvalue weighted by Crippen LogP contribution is 2.19. The highest BCUT2D eigenvalue weighted by Gasteiger charge is 2.01. The molecule has 15 heavy (non-hydrogen) atoms. The number of hydrogen-bond donors (Lipinski definition) is 1. The van der Waals surface area contributed by atoms with Crippen molar-refractivity contribution < 1.29 is 0 Å². The van der Waals surface area contributed by atoms with E-state index in [-0.39, 0.29) is 0 Å². The number of aromatic nitrogens is 2. The Hall–Kier alpha value is -1.64. The summed E-state index contributed by atoms with van der Waals surface area (Å²) in [5, 5.41) is 12.6. The lowest BCUT2D eigenvalue weighted by molar-refractivity contribution is 0.689. The minimum atomic E-state index is 0.622. The number of rotatable bonds is 3. The fourth-order valence-electron chi connectivity index (χ4n) is 1.46. The topological polar surface area (TPSA) is 37.8 Å². The normalized spacial score (nSPS) is 10.9. The molecule has 0 spiro atoms. The second-order valence-electron chi connectivity index (χ2n) is 4.05. The van der Waals surface area contributed by atoms with Crippen molar-refractivity contribution in [1.82, 2.24) is 10.2 Å². The molecular formula is C12H15N3. The van der Waals surface area contributed by atoms with Gasteiger partial charge in [0, 0.05) is 11.9 Å². The van der Waals surface area contributed by atoms with Crippen LogP contribution >= 0.6 is 0 Å². The minimum absolute atomic E-state index is 0.622. The summed E-state index contributed by atoms with van der Waals surface area (Å²) in [6.07, 6.45) is 1.78. The van der Waals surface area contributed by atoms with Gasteiger partial charge in [0.05, 0.1) is 17.4 Å². The monoisotopic (exact) mass is 201 g/mol. The molecule has 0 radical (unpaired) electrons. The number of nitrogens with zero attached hydrogens (tertiary/aromatic N) is 2. The minimum Gasteiger partial charge on any atom is -0.383 e. The molecule has 78 valence electrons. The van der Waals surface area contributed by atoms with E-state index in [2.05, 4.69) is 35.4 Å². The summed E-state index contributed by atoms with van der Waals surface area (Å²) in [7, 11) is 0. The predicted octanol–water partition coefficient (Wildman–Crippen LogP) is 2.70. The molecular weight excluding hydrogens is 186 g/mol. The third-order valence-electron chi connectivity index (χ3n) is 2.25. The van der Waals surface area contributed by atoms with E-state index in [1.54, 1.807) is 6.20 Å². The number of anilines is 1. The highest BCUT2D eigenvalue weighted by molar-refractivity contribution is 5.90. The smallest absolute Gasteiger partial charge is 0.0950 e. The lowest BCUT2D eigenvalue weighted by Crippen LogP contribution is -2.08. The van der Waals surface area contributed by atoms with Gasteiger partial charge in [0.1, 0.15) is 0 Å². The van der Waals surface area contributed by atoms with Gasteiger partial charge in [-0.05, 0) is 12.0 Å². The third-order valence-corrected chi connectivity index (χ3v) is 2.25. The number of benzene rings is 1. The third kappa shape index (κ3) is 2.24. The maximum Gasteiger partial charge on any atom is 0.0950 e. The molecule has 0 fully saturated rings. The summed E-state index contributed by atoms with van der Waals surface area (Å²) < 4.78 is 0. The van der Waals surface area contributed by atoms with E-state index in [4.69, 9.17) is 0 Å². The fraction of sp³-hybridized carbons (Fsp3) is 0.333. The Morgan fingerprint density at radius 1 is 1.27 bits per heavy atom. The van der Waals surface area contributed by atoms with Gasteiger partial charge in [-0.15, -0.1) is 0 Å². The SMILES string of the molecule is CC(C)CNc1cnnc2ccccc12. The molecule has 0 bridgehead atoms. The molecule has 0 aliphatic heterocycles. The van der Waals surface area contributed by atoms with Crippen LogP contribution in [0.2, 0.25) is 0 Å². The van der Waals surface area contributed by atoms with Crippen molar-refractivity contribution >= 4 is 16.6 Å². The van der Waals surface area contributed by atoms with E-state index in [0.29, 0.717) is 5.92 Å². The van der Waals surface area contributed by atoms with Crippen LogP contribution in [-0.4, -0.2) is 16.7 Å². The van der Waals surface area contributed by atoms with Gasteiger partial charge in [0.25, 0.3) is 0 Å². The van der Waals surface area contributed by atoms with Gasteiger partial charge < -0.3 is 5.32 Å². The van der Waals surface area contributed by atoms with Crippen LogP contribution in [0.1, 0.15) is 13.8 Å². The van der Waals surface area contributed by atoms with E-state index in [0.717, 1.165) is 23.1 Å². The lowest BCUT2D eigenvalue weighted by Gasteiger charge is -2.10. The van der Waals surface area contributed by atoms with E-state index in [9.17, 15) is 0 Å². The van der Waals surface area contributed by atoms with Crippen molar-refractivity contribution in [1.29, 1.82) is 0 Å². The Kier molecular flexibility index (Phi) is 2.81. The first-order chi connectivity index (χ1) is 7.27. The Bertz CT molecular complexity index is 446. The number of hydrogen-bond acceptors (Lipinski definition) is 3. The molecule has 0 atom stereocenters. The predicted molar refractivity (Wildman–Crippen MR) is 62.9 cm³/mol. The van der Waals surface area contributed by atoms with Crippen LogP contribution in [0.5, 0.6) is 0 Å². The quantitative estimate of drug-likeness (QED) is 0.829. The maximum absolute atomic E-state index is 4.08. The first-order valence-electron chi connectivity index (χ1n) is 5.21. The van der Waals surface area contributed by atoms with Crippen LogP contribution in [-0.2, 0) is 0 Å². The Balaban J connectivity index is 2.34. The summed E-state index contributed by atoms with van der Waals surface area (Å²) in [6, 6.07) is 8.03. The zero-order valence-electron chi connectivity index (χ0n) is 9.07.